The molecule has 0 spiro atoms. The van der Waals surface area contributed by atoms with Crippen LogP contribution in [0.3, 0.4) is 0 Å². The first-order chi connectivity index (χ1) is 7.77. The van der Waals surface area contributed by atoms with Gasteiger partial charge < -0.3 is 10.2 Å². The average molecular weight is 223 g/mol. The van der Waals surface area contributed by atoms with Gasteiger partial charge in [-0.15, -0.1) is 0 Å². The second kappa shape index (κ2) is 7.24. The summed E-state index contributed by atoms with van der Waals surface area (Å²) in [6.07, 6.45) is 4.73. The molecular weight excluding hydrogens is 202 g/mol. The van der Waals surface area contributed by atoms with E-state index >= 15 is 0 Å². The van der Waals surface area contributed by atoms with Crippen molar-refractivity contribution in [3.63, 3.8) is 0 Å². The molecule has 0 radical (unpaired) electrons. The number of rotatable bonds is 5. The summed E-state index contributed by atoms with van der Waals surface area (Å²) in [6.45, 7) is 4.58. The SMILES string of the molecule is CCCNC(C#N)CC(=O)N1CCCCC1. The molecule has 1 heterocycles. The smallest absolute Gasteiger partial charge is 0.225 e. The number of likely N-dealkylation sites (tertiary alicyclic amines) is 1. The van der Waals surface area contributed by atoms with Crippen molar-refractivity contribution in [1.82, 2.24) is 10.2 Å². The van der Waals surface area contributed by atoms with E-state index in [4.69, 9.17) is 5.26 Å². The Morgan fingerprint density at radius 2 is 2.12 bits per heavy atom. The Labute approximate surface area is 97.6 Å². The van der Waals surface area contributed by atoms with Gasteiger partial charge in [0.2, 0.25) is 5.91 Å². The van der Waals surface area contributed by atoms with E-state index in [1.807, 2.05) is 11.8 Å². The van der Waals surface area contributed by atoms with Gasteiger partial charge in [-0.3, -0.25) is 4.79 Å². The van der Waals surface area contributed by atoms with Crippen molar-refractivity contribution < 1.29 is 4.79 Å². The van der Waals surface area contributed by atoms with Crippen molar-refractivity contribution in [2.75, 3.05) is 19.6 Å². The molecule has 1 rings (SSSR count). The summed E-state index contributed by atoms with van der Waals surface area (Å²) in [5.74, 6) is 0.120. The fraction of sp³-hybridized carbons (Fsp3) is 0.833. The van der Waals surface area contributed by atoms with E-state index in [1.165, 1.54) is 6.42 Å². The van der Waals surface area contributed by atoms with Crippen molar-refractivity contribution in [2.24, 2.45) is 0 Å². The summed E-state index contributed by atoms with van der Waals surface area (Å²) in [7, 11) is 0. The second-order valence-electron chi connectivity index (χ2n) is 4.28. The molecule has 0 aliphatic carbocycles. The Balaban J connectivity index is 2.33. The Bertz CT molecular complexity index is 253. The van der Waals surface area contributed by atoms with Gasteiger partial charge in [0.05, 0.1) is 12.5 Å². The molecule has 0 aromatic heterocycles. The van der Waals surface area contributed by atoms with Crippen LogP contribution in [0, 0.1) is 11.3 Å². The lowest BCUT2D eigenvalue weighted by atomic mass is 10.1. The fourth-order valence-corrected chi connectivity index (χ4v) is 1.93. The summed E-state index contributed by atoms with van der Waals surface area (Å²) in [6, 6.07) is 1.82. The van der Waals surface area contributed by atoms with Crippen LogP contribution in [0.15, 0.2) is 0 Å². The highest BCUT2D eigenvalue weighted by Gasteiger charge is 2.19. The Morgan fingerprint density at radius 1 is 1.44 bits per heavy atom. The van der Waals surface area contributed by atoms with Crippen molar-refractivity contribution in [3.8, 4) is 6.07 Å². The molecule has 0 aromatic carbocycles. The number of carbonyl (C=O) groups is 1. The summed E-state index contributed by atoms with van der Waals surface area (Å²) in [5.41, 5.74) is 0. The predicted molar refractivity (Wildman–Crippen MR) is 62.7 cm³/mol. The maximum atomic E-state index is 11.9. The zero-order valence-corrected chi connectivity index (χ0v) is 10.0. The standard InChI is InChI=1S/C12H21N3O/c1-2-6-14-11(10-13)9-12(16)15-7-4-3-5-8-15/h11,14H,2-9H2,1H3. The molecule has 0 saturated carbocycles. The number of nitriles is 1. The number of piperidine rings is 1. The van der Waals surface area contributed by atoms with Crippen LogP contribution in [-0.2, 0) is 4.79 Å². The van der Waals surface area contributed by atoms with E-state index in [0.717, 1.165) is 38.9 Å². The van der Waals surface area contributed by atoms with Crippen LogP contribution in [-0.4, -0.2) is 36.5 Å². The van der Waals surface area contributed by atoms with Crippen LogP contribution in [0.5, 0.6) is 0 Å². The topological polar surface area (TPSA) is 56.1 Å². The molecule has 4 nitrogen and oxygen atoms in total. The lowest BCUT2D eigenvalue weighted by Gasteiger charge is -2.27. The van der Waals surface area contributed by atoms with E-state index in [0.29, 0.717) is 6.42 Å². The Hall–Kier alpha value is -1.08. The zero-order chi connectivity index (χ0) is 11.8. The summed E-state index contributed by atoms with van der Waals surface area (Å²) in [4.78, 5) is 13.8. The highest BCUT2D eigenvalue weighted by atomic mass is 16.2. The van der Waals surface area contributed by atoms with Gasteiger partial charge in [-0.1, -0.05) is 6.92 Å². The minimum Gasteiger partial charge on any atom is -0.343 e. The molecule has 1 saturated heterocycles. The lowest BCUT2D eigenvalue weighted by Crippen LogP contribution is -2.40. The molecule has 1 amide bonds. The molecule has 1 aliphatic rings. The predicted octanol–water partition coefficient (Wildman–Crippen LogP) is 1.28. The van der Waals surface area contributed by atoms with Gasteiger partial charge in [-0.2, -0.15) is 5.26 Å². The Kier molecular flexibility index (Phi) is 5.87. The highest BCUT2D eigenvalue weighted by molar-refractivity contribution is 5.77. The minimum atomic E-state index is -0.325. The van der Waals surface area contributed by atoms with E-state index < -0.39 is 0 Å². The summed E-state index contributed by atoms with van der Waals surface area (Å²) < 4.78 is 0. The number of nitrogens with one attached hydrogen (secondary N) is 1. The van der Waals surface area contributed by atoms with Crippen LogP contribution in [0.1, 0.15) is 39.0 Å². The first-order valence-electron chi connectivity index (χ1n) is 6.18. The summed E-state index contributed by atoms with van der Waals surface area (Å²) in [5, 5.41) is 12.0. The molecule has 4 heteroatoms. The number of amides is 1. The van der Waals surface area contributed by atoms with E-state index in [9.17, 15) is 4.79 Å². The van der Waals surface area contributed by atoms with Gasteiger partial charge >= 0.3 is 0 Å². The molecule has 1 unspecified atom stereocenters. The van der Waals surface area contributed by atoms with Gasteiger partial charge in [0.15, 0.2) is 0 Å². The average Bonchev–Trinajstić information content (AvgIpc) is 2.35. The van der Waals surface area contributed by atoms with Crippen molar-refractivity contribution in [2.45, 2.75) is 45.1 Å². The first-order valence-corrected chi connectivity index (χ1v) is 6.18. The van der Waals surface area contributed by atoms with Gasteiger partial charge in [0.25, 0.3) is 0 Å². The normalized spacial score (nSPS) is 17.9. The third-order valence-corrected chi connectivity index (χ3v) is 2.88. The van der Waals surface area contributed by atoms with E-state index in [1.54, 1.807) is 0 Å². The molecule has 0 bridgehead atoms. The number of nitrogens with zero attached hydrogens (tertiary/aromatic N) is 2. The van der Waals surface area contributed by atoms with E-state index in [-0.39, 0.29) is 11.9 Å². The number of carbonyl (C=O) groups excluding carboxylic acids is 1. The number of hydrogen-bond acceptors (Lipinski definition) is 3. The lowest BCUT2D eigenvalue weighted by molar-refractivity contribution is -0.132. The van der Waals surface area contributed by atoms with Crippen LogP contribution in [0.25, 0.3) is 0 Å². The molecule has 0 aromatic rings. The van der Waals surface area contributed by atoms with Gasteiger partial charge in [0, 0.05) is 13.1 Å². The molecule has 1 fully saturated rings. The Morgan fingerprint density at radius 3 is 2.69 bits per heavy atom. The molecular formula is C12H21N3O. The molecule has 1 aliphatic heterocycles. The summed E-state index contributed by atoms with van der Waals surface area (Å²) >= 11 is 0. The van der Waals surface area contributed by atoms with Crippen LogP contribution >= 0.6 is 0 Å². The maximum absolute atomic E-state index is 11.9. The fourth-order valence-electron chi connectivity index (χ4n) is 1.93. The minimum absolute atomic E-state index is 0.120. The molecule has 16 heavy (non-hydrogen) atoms. The maximum Gasteiger partial charge on any atom is 0.225 e. The molecule has 1 N–H and O–H groups in total. The zero-order valence-electron chi connectivity index (χ0n) is 10.0. The molecule has 1 atom stereocenters. The van der Waals surface area contributed by atoms with Crippen molar-refractivity contribution in [3.05, 3.63) is 0 Å². The highest BCUT2D eigenvalue weighted by Crippen LogP contribution is 2.10. The van der Waals surface area contributed by atoms with Crippen LogP contribution in [0.2, 0.25) is 0 Å². The van der Waals surface area contributed by atoms with Crippen molar-refractivity contribution in [1.29, 1.82) is 5.26 Å². The molecule has 90 valence electrons. The van der Waals surface area contributed by atoms with Crippen molar-refractivity contribution >= 4 is 5.91 Å². The largest absolute Gasteiger partial charge is 0.343 e. The number of hydrogen-bond donors (Lipinski definition) is 1. The van der Waals surface area contributed by atoms with Gasteiger partial charge in [-0.25, -0.2) is 0 Å². The second-order valence-corrected chi connectivity index (χ2v) is 4.28. The van der Waals surface area contributed by atoms with Crippen LogP contribution < -0.4 is 5.32 Å². The van der Waals surface area contributed by atoms with Gasteiger partial charge in [0.1, 0.15) is 6.04 Å². The third kappa shape index (κ3) is 4.19. The van der Waals surface area contributed by atoms with Crippen LogP contribution in [0.4, 0.5) is 0 Å². The third-order valence-electron chi connectivity index (χ3n) is 2.88. The monoisotopic (exact) mass is 223 g/mol. The quantitative estimate of drug-likeness (QED) is 0.764. The van der Waals surface area contributed by atoms with E-state index in [2.05, 4.69) is 11.4 Å². The van der Waals surface area contributed by atoms with Gasteiger partial charge in [-0.05, 0) is 32.2 Å². The first kappa shape index (κ1) is 13.0.